The molecule has 0 aliphatic heterocycles. The van der Waals surface area contributed by atoms with Crippen LogP contribution >= 0.6 is 11.8 Å². The number of nitriles is 1. The third-order valence-corrected chi connectivity index (χ3v) is 4.76. The maximum Gasteiger partial charge on any atom is 0.234 e. The molecule has 0 fully saturated rings. The molecule has 1 aromatic heterocycles. The Kier molecular flexibility index (Phi) is 6.60. The predicted molar refractivity (Wildman–Crippen MR) is 111 cm³/mol. The summed E-state index contributed by atoms with van der Waals surface area (Å²) in [5.74, 6) is -0.174. The third-order valence-electron chi connectivity index (χ3n) is 3.81. The Morgan fingerprint density at radius 2 is 1.93 bits per heavy atom. The molecule has 0 radical (unpaired) electrons. The van der Waals surface area contributed by atoms with Gasteiger partial charge in [0.1, 0.15) is 6.33 Å². The van der Waals surface area contributed by atoms with E-state index < -0.39 is 0 Å². The molecule has 0 saturated carbocycles. The van der Waals surface area contributed by atoms with E-state index in [0.717, 1.165) is 11.3 Å². The van der Waals surface area contributed by atoms with Crippen LogP contribution in [-0.2, 0) is 16.0 Å². The first-order valence-corrected chi connectivity index (χ1v) is 9.70. The molecular formula is C20H18N6O2S. The Morgan fingerprint density at radius 3 is 2.66 bits per heavy atom. The average Bonchev–Trinajstić information content (AvgIpc) is 3.16. The van der Waals surface area contributed by atoms with E-state index in [4.69, 9.17) is 5.26 Å². The quantitative estimate of drug-likeness (QED) is 0.583. The molecule has 29 heavy (non-hydrogen) atoms. The van der Waals surface area contributed by atoms with Crippen molar-refractivity contribution in [3.05, 3.63) is 60.4 Å². The molecule has 2 aromatic carbocycles. The van der Waals surface area contributed by atoms with Crippen LogP contribution in [0.15, 0.2) is 60.0 Å². The number of carbonyl (C=O) groups is 2. The summed E-state index contributed by atoms with van der Waals surface area (Å²) in [5, 5.41) is 22.8. The first-order valence-electron chi connectivity index (χ1n) is 8.72. The number of carbonyl (C=O) groups excluding carboxylic acids is 2. The highest BCUT2D eigenvalue weighted by molar-refractivity contribution is 7.99. The molecule has 9 heteroatoms. The Labute approximate surface area is 172 Å². The van der Waals surface area contributed by atoms with Crippen LogP contribution in [0.4, 0.5) is 11.4 Å². The van der Waals surface area contributed by atoms with Gasteiger partial charge < -0.3 is 10.6 Å². The van der Waals surface area contributed by atoms with Crippen molar-refractivity contribution in [2.75, 3.05) is 16.4 Å². The van der Waals surface area contributed by atoms with Gasteiger partial charge in [-0.1, -0.05) is 30.0 Å². The third kappa shape index (κ3) is 5.67. The van der Waals surface area contributed by atoms with Crippen molar-refractivity contribution >= 4 is 35.0 Å². The highest BCUT2D eigenvalue weighted by Gasteiger charge is 2.11. The lowest BCUT2D eigenvalue weighted by molar-refractivity contribution is -0.114. The van der Waals surface area contributed by atoms with Crippen LogP contribution < -0.4 is 10.6 Å². The summed E-state index contributed by atoms with van der Waals surface area (Å²) in [6.07, 6.45) is 1.89. The Morgan fingerprint density at radius 1 is 1.14 bits per heavy atom. The molecule has 0 aliphatic carbocycles. The summed E-state index contributed by atoms with van der Waals surface area (Å²) in [5.41, 5.74) is 3.01. The van der Waals surface area contributed by atoms with Crippen molar-refractivity contribution in [1.29, 1.82) is 5.26 Å². The Bertz CT molecular complexity index is 1060. The van der Waals surface area contributed by atoms with E-state index in [1.807, 2.05) is 24.3 Å². The fraction of sp³-hybridized carbons (Fsp3) is 0.150. The standard InChI is InChI=1S/C20H18N6O2S/c1-14(27)23-17-3-2-4-18(11-17)26-13-22-25-20(26)29-12-19(28)24-16-7-5-15(6-8-16)9-10-21/h2-8,11,13H,9,12H2,1H3,(H,23,27)(H,24,28). The van der Waals surface area contributed by atoms with Crippen molar-refractivity contribution < 1.29 is 9.59 Å². The molecule has 0 bridgehead atoms. The lowest BCUT2D eigenvalue weighted by atomic mass is 10.1. The van der Waals surface area contributed by atoms with Gasteiger partial charge in [0.2, 0.25) is 11.8 Å². The maximum absolute atomic E-state index is 12.3. The summed E-state index contributed by atoms with van der Waals surface area (Å²) >= 11 is 1.25. The molecule has 146 valence electrons. The number of thioether (sulfide) groups is 1. The summed E-state index contributed by atoms with van der Waals surface area (Å²) in [4.78, 5) is 23.5. The van der Waals surface area contributed by atoms with E-state index in [2.05, 4.69) is 26.9 Å². The van der Waals surface area contributed by atoms with Gasteiger partial charge in [0, 0.05) is 18.3 Å². The topological polar surface area (TPSA) is 113 Å². The average molecular weight is 406 g/mol. The molecule has 3 rings (SSSR count). The molecule has 1 heterocycles. The first-order chi connectivity index (χ1) is 14.0. The van der Waals surface area contributed by atoms with Gasteiger partial charge in [0.15, 0.2) is 5.16 Å². The van der Waals surface area contributed by atoms with Crippen LogP contribution in [-0.4, -0.2) is 32.3 Å². The van der Waals surface area contributed by atoms with Gasteiger partial charge in [-0.15, -0.1) is 10.2 Å². The fourth-order valence-corrected chi connectivity index (χ4v) is 3.29. The molecule has 2 N–H and O–H groups in total. The zero-order chi connectivity index (χ0) is 20.6. The summed E-state index contributed by atoms with van der Waals surface area (Å²) in [6.45, 7) is 1.45. The van der Waals surface area contributed by atoms with Gasteiger partial charge in [-0.25, -0.2) is 0 Å². The smallest absolute Gasteiger partial charge is 0.234 e. The molecule has 0 unspecified atom stereocenters. The summed E-state index contributed by atoms with van der Waals surface area (Å²) < 4.78 is 1.75. The number of rotatable bonds is 7. The van der Waals surface area contributed by atoms with Crippen molar-refractivity contribution in [1.82, 2.24) is 14.8 Å². The number of aromatic nitrogens is 3. The second kappa shape index (κ2) is 9.52. The molecule has 3 aromatic rings. The largest absolute Gasteiger partial charge is 0.326 e. The summed E-state index contributed by atoms with van der Waals surface area (Å²) in [7, 11) is 0. The second-order valence-electron chi connectivity index (χ2n) is 6.08. The van der Waals surface area contributed by atoms with E-state index in [9.17, 15) is 9.59 Å². The minimum Gasteiger partial charge on any atom is -0.326 e. The van der Waals surface area contributed by atoms with Gasteiger partial charge >= 0.3 is 0 Å². The first kappa shape index (κ1) is 20.1. The number of amides is 2. The number of nitrogens with one attached hydrogen (secondary N) is 2. The van der Waals surface area contributed by atoms with E-state index >= 15 is 0 Å². The van der Waals surface area contributed by atoms with Gasteiger partial charge in [-0.2, -0.15) is 5.26 Å². The number of hydrogen-bond acceptors (Lipinski definition) is 6. The van der Waals surface area contributed by atoms with E-state index in [0.29, 0.717) is 23.0 Å². The lowest BCUT2D eigenvalue weighted by Gasteiger charge is -2.09. The molecule has 2 amide bonds. The minimum atomic E-state index is -0.176. The molecule has 0 aliphatic rings. The SMILES string of the molecule is CC(=O)Nc1cccc(-n2cnnc2SCC(=O)Nc2ccc(CC#N)cc2)c1. The van der Waals surface area contributed by atoms with Crippen molar-refractivity contribution in [3.8, 4) is 11.8 Å². The number of nitrogens with zero attached hydrogens (tertiary/aromatic N) is 4. The Balaban J connectivity index is 1.62. The Hall–Kier alpha value is -3.64. The zero-order valence-corrected chi connectivity index (χ0v) is 16.4. The lowest BCUT2D eigenvalue weighted by Crippen LogP contribution is -2.14. The highest BCUT2D eigenvalue weighted by atomic mass is 32.2. The van der Waals surface area contributed by atoms with E-state index in [1.54, 1.807) is 35.2 Å². The number of benzene rings is 2. The van der Waals surface area contributed by atoms with E-state index in [-0.39, 0.29) is 17.6 Å². The minimum absolute atomic E-state index is 0.155. The zero-order valence-electron chi connectivity index (χ0n) is 15.6. The number of anilines is 2. The maximum atomic E-state index is 12.3. The molecule has 0 atom stereocenters. The normalized spacial score (nSPS) is 10.2. The van der Waals surface area contributed by atoms with Gasteiger partial charge in [0.05, 0.1) is 23.9 Å². The van der Waals surface area contributed by atoms with Gasteiger partial charge in [0.25, 0.3) is 0 Å². The van der Waals surface area contributed by atoms with Crippen LogP contribution in [0.3, 0.4) is 0 Å². The van der Waals surface area contributed by atoms with Crippen LogP contribution in [0.5, 0.6) is 0 Å². The van der Waals surface area contributed by atoms with Gasteiger partial charge in [-0.05, 0) is 35.9 Å². The van der Waals surface area contributed by atoms with Crippen molar-refractivity contribution in [2.45, 2.75) is 18.5 Å². The molecule has 8 nitrogen and oxygen atoms in total. The van der Waals surface area contributed by atoms with Crippen LogP contribution in [0.2, 0.25) is 0 Å². The fourth-order valence-electron chi connectivity index (χ4n) is 2.56. The molecule has 0 spiro atoms. The monoisotopic (exact) mass is 406 g/mol. The van der Waals surface area contributed by atoms with E-state index in [1.165, 1.54) is 18.7 Å². The highest BCUT2D eigenvalue weighted by Crippen LogP contribution is 2.22. The van der Waals surface area contributed by atoms with Crippen molar-refractivity contribution in [3.63, 3.8) is 0 Å². The molecule has 0 saturated heterocycles. The van der Waals surface area contributed by atoms with Crippen LogP contribution in [0.25, 0.3) is 5.69 Å². The van der Waals surface area contributed by atoms with Crippen LogP contribution in [0, 0.1) is 11.3 Å². The van der Waals surface area contributed by atoms with Crippen LogP contribution in [0.1, 0.15) is 12.5 Å². The van der Waals surface area contributed by atoms with Crippen molar-refractivity contribution in [2.24, 2.45) is 0 Å². The molecular weight excluding hydrogens is 388 g/mol. The summed E-state index contributed by atoms with van der Waals surface area (Å²) in [6, 6.07) is 16.5. The number of hydrogen-bond donors (Lipinski definition) is 2. The second-order valence-corrected chi connectivity index (χ2v) is 7.03. The van der Waals surface area contributed by atoms with Gasteiger partial charge in [-0.3, -0.25) is 14.2 Å². The predicted octanol–water partition coefficient (Wildman–Crippen LogP) is 3.02.